The number of thiophene rings is 5. The van der Waals surface area contributed by atoms with Gasteiger partial charge < -0.3 is 56.2 Å². The number of aromatic nitrogens is 14. The first-order valence-corrected chi connectivity index (χ1v) is 52.2. The fourth-order valence-electron chi connectivity index (χ4n) is 17.7. The Morgan fingerprint density at radius 1 is 0.444 bits per heavy atom. The van der Waals surface area contributed by atoms with E-state index >= 15 is 0 Å². The van der Waals surface area contributed by atoms with Gasteiger partial charge in [0.25, 0.3) is 5.92 Å². The molecule has 14 aromatic heterocycles. The van der Waals surface area contributed by atoms with Crippen molar-refractivity contribution in [3.63, 3.8) is 0 Å². The third-order valence-electron chi connectivity index (χ3n) is 25.2. The molecule has 0 spiro atoms. The lowest BCUT2D eigenvalue weighted by atomic mass is 9.93. The minimum Gasteiger partial charge on any atom is -0.393 e. The molecule has 23 rings (SSSR count). The number of morpholine rings is 1. The van der Waals surface area contributed by atoms with E-state index in [4.69, 9.17) is 39.6 Å². The molecule has 28 nitrogen and oxygen atoms in total. The van der Waals surface area contributed by atoms with Crippen LogP contribution in [0.3, 0.4) is 0 Å². The molecule has 35 heteroatoms. The van der Waals surface area contributed by atoms with E-state index in [2.05, 4.69) is 178 Å². The van der Waals surface area contributed by atoms with E-state index in [0.717, 1.165) is 228 Å². The number of piperidine rings is 1. The highest BCUT2D eigenvalue weighted by Crippen LogP contribution is 2.45. The smallest absolute Gasteiger partial charge is 0.270 e. The summed E-state index contributed by atoms with van der Waals surface area (Å²) in [5, 5.41) is 49.4. The largest absolute Gasteiger partial charge is 0.393 e. The van der Waals surface area contributed by atoms with Gasteiger partial charge in [0.05, 0.1) is 65.4 Å². The average molecular weight is 2020 g/mol. The number of carbonyl (C=O) groups excluding carboxylic acids is 2. The molecule has 144 heavy (non-hydrogen) atoms. The molecular weight excluding hydrogens is 1910 g/mol. The minimum atomic E-state index is -2.82. The molecule has 5 aromatic carbocycles. The molecule has 2 amide bonds. The van der Waals surface area contributed by atoms with Gasteiger partial charge in [-0.15, -0.1) is 56.7 Å². The number of piperazine rings is 1. The number of amides is 2. The number of nitrogens with zero attached hydrogens (tertiary/aromatic N) is 18. The van der Waals surface area contributed by atoms with E-state index in [0.29, 0.717) is 78.3 Å². The first kappa shape index (κ1) is 98.1. The number of anilines is 6. The zero-order chi connectivity index (χ0) is 98.7. The van der Waals surface area contributed by atoms with Crippen LogP contribution in [-0.2, 0) is 20.2 Å². The highest BCUT2D eigenvalue weighted by atomic mass is 32.1. The molecule has 4 aliphatic rings. The Balaban J connectivity index is 0.000000114. The molecule has 730 valence electrons. The second kappa shape index (κ2) is 46.6. The molecule has 0 bridgehead atoms. The lowest BCUT2D eigenvalue weighted by Crippen LogP contribution is -2.47. The maximum atomic E-state index is 13.6. The average Bonchev–Trinajstić information content (AvgIpc) is 1.63. The number of carbonyl (C=O) groups is 2. The predicted octanol–water partition coefficient (Wildman–Crippen LogP) is 21.1. The number of likely N-dealkylation sites (N-methyl/N-ethyl adjacent to an activating group) is 1. The molecule has 1 aliphatic carbocycles. The van der Waals surface area contributed by atoms with Crippen LogP contribution >= 0.6 is 56.7 Å². The number of halogens is 2. The molecule has 3 saturated heterocycles. The molecular formula is C109H105F2N23O5S5. The summed E-state index contributed by atoms with van der Waals surface area (Å²) >= 11 is 8.06. The quantitative estimate of drug-likeness (QED) is 0.0313. The third-order valence-corrected chi connectivity index (χ3v) is 29.7. The van der Waals surface area contributed by atoms with E-state index in [9.17, 15) is 28.6 Å². The number of ether oxygens (including phenoxy) is 1. The van der Waals surface area contributed by atoms with Crippen LogP contribution < -0.4 is 36.4 Å². The number of benzene rings is 5. The molecule has 0 unspecified atom stereocenters. The molecule has 17 heterocycles. The second-order valence-corrected chi connectivity index (χ2v) is 39.6. The zero-order valence-corrected chi connectivity index (χ0v) is 83.5. The van der Waals surface area contributed by atoms with Crippen molar-refractivity contribution >= 4 is 154 Å². The fraction of sp³-hybridized carbons (Fsp3) is 0.248. The van der Waals surface area contributed by atoms with Crippen molar-refractivity contribution in [1.82, 2.24) is 84.9 Å². The number of aliphatic hydroxyl groups excluding tert-OH is 2. The van der Waals surface area contributed by atoms with Gasteiger partial charge in [0.1, 0.15) is 82.3 Å². The van der Waals surface area contributed by atoms with Crippen LogP contribution in [-0.4, -0.2) is 219 Å². The summed E-state index contributed by atoms with van der Waals surface area (Å²) in [4.78, 5) is 104. The summed E-state index contributed by atoms with van der Waals surface area (Å²) in [6.07, 6.45) is 12.9. The number of rotatable bonds is 23. The zero-order valence-electron chi connectivity index (χ0n) is 79.4. The van der Waals surface area contributed by atoms with Gasteiger partial charge in [0.2, 0.25) is 11.8 Å². The summed E-state index contributed by atoms with van der Waals surface area (Å²) in [5.41, 5.74) is 12.8. The summed E-state index contributed by atoms with van der Waals surface area (Å²) in [7, 11) is 1.61. The van der Waals surface area contributed by atoms with E-state index in [1.807, 2.05) is 133 Å². The lowest BCUT2D eigenvalue weighted by molar-refractivity contribution is -0.131. The van der Waals surface area contributed by atoms with Gasteiger partial charge in [-0.05, 0) is 140 Å². The molecule has 1 saturated carbocycles. The van der Waals surface area contributed by atoms with Gasteiger partial charge in [-0.1, -0.05) is 158 Å². The Morgan fingerprint density at radius 3 is 1.39 bits per heavy atom. The van der Waals surface area contributed by atoms with Gasteiger partial charge >= 0.3 is 0 Å². The van der Waals surface area contributed by atoms with Crippen molar-refractivity contribution < 1.29 is 33.3 Å². The number of likely N-dealkylation sites (tertiary alicyclic amines) is 1. The fourth-order valence-corrected chi connectivity index (χ4v) is 22.3. The molecule has 4 fully saturated rings. The van der Waals surface area contributed by atoms with Crippen LogP contribution in [0.5, 0.6) is 0 Å². The van der Waals surface area contributed by atoms with Gasteiger partial charge in [-0.3, -0.25) is 34.4 Å². The van der Waals surface area contributed by atoms with Gasteiger partial charge in [-0.25, -0.2) is 58.6 Å². The SMILES string of the molecule is CC(F)(F)c1cccc(N2CCN(c3ncnc4sccc34)CC2)c1.CNC(=O)CNc1nc(-c2ccccn2)nc2scc(-c3ccccc3)c12.Cc1sc2nc(-c3ccccn3)nc(NCC(=O)N3CCC(O)CC3)c2c1-c1ccccc1.OC1CCC(Nc2nc(-c3ccccn3)nc3scc(-c4ccccc4)c23)CC1.c1ccc(-c2csc3nc(-c4ccccn4)nc(NCCN4CCOCC4)c23)cc1. The van der Waals surface area contributed by atoms with Gasteiger partial charge in [0.15, 0.2) is 23.3 Å². The number of alkyl halides is 2. The molecule has 0 radical (unpaired) electrons. The lowest BCUT2D eigenvalue weighted by Gasteiger charge is -2.37. The first-order chi connectivity index (χ1) is 70.5. The Bertz CT molecular complexity index is 7510. The van der Waals surface area contributed by atoms with Gasteiger partial charge in [0, 0.05) is 165 Å². The van der Waals surface area contributed by atoms with Crippen molar-refractivity contribution in [2.45, 2.75) is 76.5 Å². The monoisotopic (exact) mass is 2010 g/mol. The normalized spacial score (nSPS) is 15.1. The topological polar surface area (TPSA) is 337 Å². The minimum absolute atomic E-state index is 0.00117. The van der Waals surface area contributed by atoms with Crippen LogP contribution in [0.1, 0.15) is 55.9 Å². The maximum Gasteiger partial charge on any atom is 0.270 e. The number of nitrogens with one attached hydrogen (secondary N) is 5. The van der Waals surface area contributed by atoms with E-state index < -0.39 is 5.92 Å². The van der Waals surface area contributed by atoms with Crippen molar-refractivity contribution in [2.75, 3.05) is 130 Å². The highest BCUT2D eigenvalue weighted by molar-refractivity contribution is 7.19. The Morgan fingerprint density at radius 2 is 0.896 bits per heavy atom. The van der Waals surface area contributed by atoms with Gasteiger partial charge in [-0.2, -0.15) is 0 Å². The van der Waals surface area contributed by atoms with E-state index in [1.54, 1.807) is 112 Å². The van der Waals surface area contributed by atoms with Crippen molar-refractivity contribution in [1.29, 1.82) is 0 Å². The highest BCUT2D eigenvalue weighted by Gasteiger charge is 2.31. The Kier molecular flexibility index (Phi) is 31.8. The van der Waals surface area contributed by atoms with Crippen LogP contribution in [0.2, 0.25) is 0 Å². The van der Waals surface area contributed by atoms with Crippen LogP contribution in [0.15, 0.2) is 277 Å². The third kappa shape index (κ3) is 23.8. The summed E-state index contributed by atoms with van der Waals surface area (Å²) in [6.45, 7) is 12.9. The van der Waals surface area contributed by atoms with E-state index in [1.165, 1.54) is 11.6 Å². The predicted molar refractivity (Wildman–Crippen MR) is 577 cm³/mol. The first-order valence-electron chi connectivity index (χ1n) is 47.9. The van der Waals surface area contributed by atoms with Crippen molar-refractivity contribution in [3.8, 4) is 90.6 Å². The molecule has 0 atom stereocenters. The molecule has 3 aliphatic heterocycles. The Hall–Kier alpha value is -14.7. The van der Waals surface area contributed by atoms with E-state index in [-0.39, 0.29) is 42.7 Å². The number of hydrogen-bond acceptors (Lipinski definition) is 31. The maximum absolute atomic E-state index is 13.6. The number of pyridine rings is 4. The van der Waals surface area contributed by atoms with Crippen LogP contribution in [0.4, 0.5) is 43.6 Å². The van der Waals surface area contributed by atoms with Crippen LogP contribution in [0, 0.1) is 6.92 Å². The number of aliphatic hydroxyl groups is 2. The number of aryl methyl sites for hydroxylation is 1. The standard InChI is InChI=1S/C25H25N5O2S.C23H23N5OS.C23H22N4OS.C20H17N5OS.C18H18F2N4S/c1-16-21(17-7-3-2-4-8-17)22-24(27-15-20(32)30-13-10-18(31)11-14-30)28-23(29-25(22)33-16)19-9-5-6-12-26-19;1-2-6-17(7-3-1)18-16-30-23-20(18)22(25-10-11-28-12-14-29-15-13-28)26-21(27-23)19-8-4-5-9-24-19;28-17-11-9-16(10-12-17)25-22-20-18(15-6-2-1-3-7-15)14-29-23(20)27-21(26-22)19-8-4-5-13-24-19;1-21-16(26)11-23-19-17-14(13-7-3-2-4-8-13)12-27-20(17)25-18(24-19)15-9-5-6-10-22-15;1-18(19,20)13-3-2-4-14(11-13)23-6-8-24(9-7-23)16-15-5-10-25-17(15)22-12-21-16/h2-9,12,18,31H,10-11,13-15H2,1H3,(H,27,28,29);1-9,16H,10-15H2,(H,25,26,27);1-8,13-14,16-17,28H,9-12H2,(H,25,26,27);2-10,12H,11H2,1H3,(H,21,26)(H,23,24,25);2-5,10-12H,6-9H2,1H3. The number of fused-ring (bicyclic) bond motifs is 5. The molecule has 7 N–H and O–H groups in total. The second-order valence-electron chi connectivity index (χ2n) is 34.9. The summed E-state index contributed by atoms with van der Waals surface area (Å²) in [6, 6.07) is 73.0. The number of hydrogen-bond donors (Lipinski definition) is 7. The molecule has 19 aromatic rings. The Labute approximate surface area is 851 Å². The van der Waals surface area contributed by atoms with Crippen molar-refractivity contribution in [3.05, 3.63) is 288 Å². The van der Waals surface area contributed by atoms with Crippen LogP contribution in [0.25, 0.3) is 142 Å². The summed E-state index contributed by atoms with van der Waals surface area (Å²) < 4.78 is 32.6. The summed E-state index contributed by atoms with van der Waals surface area (Å²) in [5.74, 6) is 3.37. The van der Waals surface area contributed by atoms with Crippen molar-refractivity contribution in [2.24, 2.45) is 0 Å².